The van der Waals surface area contributed by atoms with Crippen LogP contribution < -0.4 is 0 Å². The average Bonchev–Trinajstić information content (AvgIpc) is 1.95. The molecule has 1 aromatic rings. The molecule has 3 heteroatoms. The first kappa shape index (κ1) is 7.48. The Morgan fingerprint density at radius 3 is 2.80 bits per heavy atom. The minimum atomic E-state index is 0.659. The Balaban J connectivity index is 3.31. The Morgan fingerprint density at radius 2 is 2.30 bits per heavy atom. The molecule has 50 valence electrons. The molecule has 1 rings (SSSR count). The summed E-state index contributed by atoms with van der Waals surface area (Å²) in [6.07, 6.45) is 3.33. The molecular weight excluding hydrogens is 239 g/mol. The summed E-state index contributed by atoms with van der Waals surface area (Å²) < 4.78 is 1.04. The van der Waals surface area contributed by atoms with Crippen molar-refractivity contribution >= 4 is 22.6 Å². The van der Waals surface area contributed by atoms with Crippen LogP contribution in [0.25, 0.3) is 0 Å². The predicted octanol–water partition coefficient (Wildman–Crippen LogP) is 1.87. The summed E-state index contributed by atoms with van der Waals surface area (Å²) in [5.74, 6) is 0. The largest absolute Gasteiger partial charge is 0.262 e. The quantitative estimate of drug-likeness (QED) is 0.653. The molecule has 0 saturated heterocycles. The number of hydrogen-bond donors (Lipinski definition) is 0. The van der Waals surface area contributed by atoms with Crippen LogP contribution in [0.1, 0.15) is 11.1 Å². The van der Waals surface area contributed by atoms with E-state index in [0.29, 0.717) is 5.56 Å². The van der Waals surface area contributed by atoms with Crippen molar-refractivity contribution in [3.8, 4) is 6.07 Å². The van der Waals surface area contributed by atoms with Gasteiger partial charge >= 0.3 is 0 Å². The topological polar surface area (TPSA) is 36.7 Å². The average molecular weight is 244 g/mol. The molecule has 0 unspecified atom stereocenters. The molecule has 0 fully saturated rings. The van der Waals surface area contributed by atoms with Gasteiger partial charge in [-0.2, -0.15) is 5.26 Å². The number of aromatic nitrogens is 1. The Bertz CT molecular complexity index is 288. The molecule has 0 bridgehead atoms. The lowest BCUT2D eigenvalue weighted by Gasteiger charge is -1.96. The Labute approximate surface area is 73.0 Å². The lowest BCUT2D eigenvalue weighted by Crippen LogP contribution is -1.87. The van der Waals surface area contributed by atoms with Crippen LogP contribution in [-0.4, -0.2) is 4.98 Å². The third kappa shape index (κ3) is 1.27. The van der Waals surface area contributed by atoms with Crippen molar-refractivity contribution in [1.29, 1.82) is 5.26 Å². The minimum Gasteiger partial charge on any atom is -0.262 e. The maximum Gasteiger partial charge on any atom is 0.101 e. The molecule has 0 aromatic carbocycles. The highest BCUT2D eigenvalue weighted by Gasteiger charge is 1.99. The van der Waals surface area contributed by atoms with Crippen molar-refractivity contribution in [2.75, 3.05) is 0 Å². The summed E-state index contributed by atoms with van der Waals surface area (Å²) in [5.41, 5.74) is 1.67. The summed E-state index contributed by atoms with van der Waals surface area (Å²) in [5, 5.41) is 8.55. The number of nitriles is 1. The summed E-state index contributed by atoms with van der Waals surface area (Å²) in [6.45, 7) is 1.92. The summed E-state index contributed by atoms with van der Waals surface area (Å²) in [6, 6.07) is 2.07. The van der Waals surface area contributed by atoms with E-state index in [1.165, 1.54) is 0 Å². The highest BCUT2D eigenvalue weighted by atomic mass is 127. The standard InChI is InChI=1S/C7H5IN2/c1-5-6(2-9)3-10-4-7(5)8/h3-4H,1H3. The van der Waals surface area contributed by atoms with Crippen LogP contribution in [0.4, 0.5) is 0 Å². The van der Waals surface area contributed by atoms with Gasteiger partial charge in [0.25, 0.3) is 0 Å². The third-order valence-electron chi connectivity index (χ3n) is 1.27. The van der Waals surface area contributed by atoms with E-state index in [2.05, 4.69) is 33.6 Å². The molecule has 0 aliphatic rings. The van der Waals surface area contributed by atoms with Crippen LogP contribution in [0.2, 0.25) is 0 Å². The van der Waals surface area contributed by atoms with Crippen LogP contribution in [0.5, 0.6) is 0 Å². The number of hydrogen-bond acceptors (Lipinski definition) is 2. The van der Waals surface area contributed by atoms with E-state index < -0.39 is 0 Å². The molecule has 0 spiro atoms. The van der Waals surface area contributed by atoms with E-state index in [1.807, 2.05) is 6.92 Å². The molecule has 0 radical (unpaired) electrons. The van der Waals surface area contributed by atoms with Crippen molar-refractivity contribution < 1.29 is 0 Å². The van der Waals surface area contributed by atoms with Crippen LogP contribution >= 0.6 is 22.6 Å². The highest BCUT2D eigenvalue weighted by molar-refractivity contribution is 14.1. The van der Waals surface area contributed by atoms with Gasteiger partial charge in [0.2, 0.25) is 0 Å². The predicted molar refractivity (Wildman–Crippen MR) is 46.4 cm³/mol. The van der Waals surface area contributed by atoms with Gasteiger partial charge in [0.1, 0.15) is 6.07 Å². The Kier molecular flexibility index (Phi) is 2.22. The van der Waals surface area contributed by atoms with Crippen LogP contribution in [0, 0.1) is 21.8 Å². The molecular formula is C7H5IN2. The molecule has 0 aliphatic carbocycles. The number of pyridine rings is 1. The van der Waals surface area contributed by atoms with Gasteiger partial charge < -0.3 is 0 Å². The van der Waals surface area contributed by atoms with Crippen LogP contribution in [-0.2, 0) is 0 Å². The van der Waals surface area contributed by atoms with Crippen LogP contribution in [0.15, 0.2) is 12.4 Å². The zero-order valence-electron chi connectivity index (χ0n) is 5.43. The normalized spacial score (nSPS) is 8.90. The van der Waals surface area contributed by atoms with Crippen molar-refractivity contribution in [3.05, 3.63) is 27.1 Å². The number of rotatable bonds is 0. The lowest BCUT2D eigenvalue weighted by molar-refractivity contribution is 1.23. The van der Waals surface area contributed by atoms with Gasteiger partial charge in [-0.25, -0.2) is 0 Å². The molecule has 0 atom stereocenters. The van der Waals surface area contributed by atoms with Crippen molar-refractivity contribution in [3.63, 3.8) is 0 Å². The zero-order valence-corrected chi connectivity index (χ0v) is 7.58. The molecule has 10 heavy (non-hydrogen) atoms. The first-order chi connectivity index (χ1) is 4.75. The van der Waals surface area contributed by atoms with Crippen molar-refractivity contribution in [2.45, 2.75) is 6.92 Å². The zero-order chi connectivity index (χ0) is 7.56. The van der Waals surface area contributed by atoms with E-state index in [9.17, 15) is 0 Å². The number of nitrogens with zero attached hydrogens (tertiary/aromatic N) is 2. The fourth-order valence-corrected chi connectivity index (χ4v) is 1.06. The van der Waals surface area contributed by atoms with Crippen molar-refractivity contribution in [2.24, 2.45) is 0 Å². The fraction of sp³-hybridized carbons (Fsp3) is 0.143. The van der Waals surface area contributed by atoms with Gasteiger partial charge in [-0.15, -0.1) is 0 Å². The summed E-state index contributed by atoms with van der Waals surface area (Å²) >= 11 is 2.16. The van der Waals surface area contributed by atoms with Crippen LogP contribution in [0.3, 0.4) is 0 Å². The minimum absolute atomic E-state index is 0.659. The van der Waals surface area contributed by atoms with E-state index in [0.717, 1.165) is 9.13 Å². The summed E-state index contributed by atoms with van der Waals surface area (Å²) in [4.78, 5) is 3.89. The second-order valence-electron chi connectivity index (χ2n) is 1.91. The van der Waals surface area contributed by atoms with Gasteiger partial charge in [-0.05, 0) is 35.1 Å². The molecule has 0 amide bonds. The summed E-state index contributed by atoms with van der Waals surface area (Å²) in [7, 11) is 0. The van der Waals surface area contributed by atoms with E-state index in [-0.39, 0.29) is 0 Å². The molecule has 1 aromatic heterocycles. The van der Waals surface area contributed by atoms with Gasteiger partial charge in [-0.1, -0.05) is 0 Å². The lowest BCUT2D eigenvalue weighted by atomic mass is 10.2. The maximum atomic E-state index is 8.55. The molecule has 0 N–H and O–H groups in total. The Hall–Kier alpha value is -0.630. The van der Waals surface area contributed by atoms with Gasteiger partial charge in [0, 0.05) is 16.0 Å². The van der Waals surface area contributed by atoms with E-state index >= 15 is 0 Å². The highest BCUT2D eigenvalue weighted by Crippen LogP contribution is 2.12. The Morgan fingerprint density at radius 1 is 1.60 bits per heavy atom. The SMILES string of the molecule is Cc1c(I)cncc1C#N. The molecule has 0 saturated carbocycles. The van der Waals surface area contributed by atoms with E-state index in [4.69, 9.17) is 5.26 Å². The van der Waals surface area contributed by atoms with Gasteiger partial charge in [0.05, 0.1) is 5.56 Å². The smallest absolute Gasteiger partial charge is 0.101 e. The third-order valence-corrected chi connectivity index (χ3v) is 2.36. The number of halogens is 1. The first-order valence-corrected chi connectivity index (χ1v) is 3.84. The molecule has 0 aliphatic heterocycles. The maximum absolute atomic E-state index is 8.55. The molecule has 1 heterocycles. The second kappa shape index (κ2) is 2.97. The monoisotopic (exact) mass is 244 g/mol. The fourth-order valence-electron chi connectivity index (χ4n) is 0.612. The van der Waals surface area contributed by atoms with Gasteiger partial charge in [-0.3, -0.25) is 4.98 Å². The van der Waals surface area contributed by atoms with Crippen molar-refractivity contribution in [1.82, 2.24) is 4.98 Å². The second-order valence-corrected chi connectivity index (χ2v) is 3.07. The van der Waals surface area contributed by atoms with E-state index in [1.54, 1.807) is 12.4 Å². The molecule has 2 nitrogen and oxygen atoms in total. The van der Waals surface area contributed by atoms with Gasteiger partial charge in [0.15, 0.2) is 0 Å². The first-order valence-electron chi connectivity index (χ1n) is 2.76.